The summed E-state index contributed by atoms with van der Waals surface area (Å²) in [6.07, 6.45) is 0.746. The molecule has 0 aliphatic carbocycles. The van der Waals surface area contributed by atoms with Crippen LogP contribution in [0, 0.1) is 0 Å². The second-order valence-corrected chi connectivity index (χ2v) is 3.36. The highest BCUT2D eigenvalue weighted by molar-refractivity contribution is 5.89. The summed E-state index contributed by atoms with van der Waals surface area (Å²) >= 11 is 0. The van der Waals surface area contributed by atoms with Crippen LogP contribution in [-0.2, 0) is 4.74 Å². The van der Waals surface area contributed by atoms with E-state index in [2.05, 4.69) is 4.74 Å². The molecule has 2 rings (SSSR count). The number of ether oxygens (including phenoxy) is 1. The molecular formula is C13H10O4. The number of hydrogen-bond donors (Lipinski definition) is 0. The van der Waals surface area contributed by atoms with Crippen molar-refractivity contribution in [2.75, 3.05) is 7.11 Å². The predicted octanol–water partition coefficient (Wildman–Crippen LogP) is 2.55. The Bertz CT molecular complexity index is 554. The number of rotatable bonds is 3. The zero-order chi connectivity index (χ0) is 12.3. The summed E-state index contributed by atoms with van der Waals surface area (Å²) in [6.45, 7) is 0. The van der Waals surface area contributed by atoms with Crippen LogP contribution in [0.3, 0.4) is 0 Å². The maximum Gasteiger partial charge on any atom is 0.373 e. The molecular weight excluding hydrogens is 220 g/mol. The van der Waals surface area contributed by atoms with Gasteiger partial charge < -0.3 is 9.15 Å². The first-order valence-corrected chi connectivity index (χ1v) is 4.99. The van der Waals surface area contributed by atoms with Gasteiger partial charge in [0.15, 0.2) is 6.29 Å². The summed E-state index contributed by atoms with van der Waals surface area (Å²) < 4.78 is 9.87. The Morgan fingerprint density at radius 2 is 2.00 bits per heavy atom. The quantitative estimate of drug-likeness (QED) is 0.600. The van der Waals surface area contributed by atoms with Crippen molar-refractivity contribution >= 4 is 12.3 Å². The Morgan fingerprint density at radius 1 is 1.24 bits per heavy atom. The number of furan rings is 1. The monoisotopic (exact) mass is 230 g/mol. The van der Waals surface area contributed by atoms with Gasteiger partial charge in [0, 0.05) is 11.1 Å². The fourth-order valence-corrected chi connectivity index (χ4v) is 1.52. The number of benzene rings is 1. The first kappa shape index (κ1) is 11.1. The SMILES string of the molecule is COC(=O)c1ccc(-c2ccccc2C=O)o1. The molecule has 0 spiro atoms. The highest BCUT2D eigenvalue weighted by Gasteiger charge is 2.13. The van der Waals surface area contributed by atoms with Gasteiger partial charge in [0.25, 0.3) is 0 Å². The van der Waals surface area contributed by atoms with Crippen LogP contribution in [-0.4, -0.2) is 19.4 Å². The zero-order valence-corrected chi connectivity index (χ0v) is 9.17. The van der Waals surface area contributed by atoms with Crippen LogP contribution in [0.4, 0.5) is 0 Å². The van der Waals surface area contributed by atoms with Crippen LogP contribution in [0.15, 0.2) is 40.8 Å². The van der Waals surface area contributed by atoms with Crippen molar-refractivity contribution < 1.29 is 18.7 Å². The van der Waals surface area contributed by atoms with Gasteiger partial charge in [0.1, 0.15) is 5.76 Å². The molecule has 17 heavy (non-hydrogen) atoms. The van der Waals surface area contributed by atoms with E-state index in [-0.39, 0.29) is 5.76 Å². The van der Waals surface area contributed by atoms with Gasteiger partial charge in [-0.05, 0) is 12.1 Å². The fraction of sp³-hybridized carbons (Fsp3) is 0.0769. The number of aldehydes is 1. The smallest absolute Gasteiger partial charge is 0.373 e. The lowest BCUT2D eigenvalue weighted by Crippen LogP contribution is -1.98. The minimum Gasteiger partial charge on any atom is -0.463 e. The molecule has 0 fully saturated rings. The van der Waals surface area contributed by atoms with Gasteiger partial charge in [0.2, 0.25) is 5.76 Å². The molecule has 86 valence electrons. The molecule has 0 unspecified atom stereocenters. The third-order valence-corrected chi connectivity index (χ3v) is 2.35. The molecule has 0 saturated carbocycles. The minimum atomic E-state index is -0.542. The number of carbonyl (C=O) groups excluding carboxylic acids is 2. The van der Waals surface area contributed by atoms with E-state index >= 15 is 0 Å². The molecule has 0 saturated heterocycles. The van der Waals surface area contributed by atoms with E-state index in [1.165, 1.54) is 13.2 Å². The van der Waals surface area contributed by atoms with Crippen molar-refractivity contribution in [1.29, 1.82) is 0 Å². The molecule has 2 aromatic rings. The summed E-state index contributed by atoms with van der Waals surface area (Å²) in [5.41, 5.74) is 1.16. The number of carbonyl (C=O) groups is 2. The van der Waals surface area contributed by atoms with Gasteiger partial charge >= 0.3 is 5.97 Å². The number of esters is 1. The van der Waals surface area contributed by atoms with Crippen LogP contribution in [0.2, 0.25) is 0 Å². The van der Waals surface area contributed by atoms with Crippen LogP contribution in [0.1, 0.15) is 20.9 Å². The first-order chi connectivity index (χ1) is 8.26. The Hall–Kier alpha value is -2.36. The minimum absolute atomic E-state index is 0.114. The number of methoxy groups -OCH3 is 1. The lowest BCUT2D eigenvalue weighted by atomic mass is 10.1. The maximum absolute atomic E-state index is 11.2. The Labute approximate surface area is 97.8 Å². The normalized spacial score (nSPS) is 9.94. The standard InChI is InChI=1S/C13H10O4/c1-16-13(15)12-7-6-11(17-12)10-5-3-2-4-9(10)8-14/h2-8H,1H3. The Morgan fingerprint density at radius 3 is 2.71 bits per heavy atom. The van der Waals surface area contributed by atoms with Gasteiger partial charge in [-0.25, -0.2) is 4.79 Å². The average Bonchev–Trinajstić information content (AvgIpc) is 2.87. The van der Waals surface area contributed by atoms with Gasteiger partial charge in [-0.1, -0.05) is 24.3 Å². The van der Waals surface area contributed by atoms with Crippen molar-refractivity contribution in [3.63, 3.8) is 0 Å². The molecule has 0 atom stereocenters. The third kappa shape index (κ3) is 2.10. The summed E-state index contributed by atoms with van der Waals surface area (Å²) in [6, 6.07) is 10.1. The zero-order valence-electron chi connectivity index (χ0n) is 9.17. The Kier molecular flexibility index (Phi) is 3.05. The molecule has 0 N–H and O–H groups in total. The molecule has 0 aliphatic rings. The molecule has 1 aromatic carbocycles. The topological polar surface area (TPSA) is 56.5 Å². The van der Waals surface area contributed by atoms with Crippen molar-refractivity contribution in [2.24, 2.45) is 0 Å². The summed E-state index contributed by atoms with van der Waals surface area (Å²) in [5.74, 6) is 0.0381. The van der Waals surface area contributed by atoms with Crippen LogP contribution >= 0.6 is 0 Å². The van der Waals surface area contributed by atoms with Crippen LogP contribution in [0.25, 0.3) is 11.3 Å². The van der Waals surface area contributed by atoms with E-state index in [0.717, 1.165) is 6.29 Å². The second kappa shape index (κ2) is 4.65. The molecule has 4 nitrogen and oxygen atoms in total. The highest BCUT2D eigenvalue weighted by atomic mass is 16.5. The van der Waals surface area contributed by atoms with Crippen molar-refractivity contribution in [3.8, 4) is 11.3 Å². The van der Waals surface area contributed by atoms with E-state index in [9.17, 15) is 9.59 Å². The van der Waals surface area contributed by atoms with Crippen LogP contribution < -0.4 is 0 Å². The third-order valence-electron chi connectivity index (χ3n) is 2.35. The van der Waals surface area contributed by atoms with E-state index in [1.54, 1.807) is 30.3 Å². The largest absolute Gasteiger partial charge is 0.463 e. The summed E-state index contributed by atoms with van der Waals surface area (Å²) in [4.78, 5) is 22.1. The van der Waals surface area contributed by atoms with Gasteiger partial charge in [0.05, 0.1) is 7.11 Å². The van der Waals surface area contributed by atoms with Crippen molar-refractivity contribution in [3.05, 3.63) is 47.7 Å². The second-order valence-electron chi connectivity index (χ2n) is 3.36. The van der Waals surface area contributed by atoms with Gasteiger partial charge in [-0.3, -0.25) is 4.79 Å². The predicted molar refractivity (Wildman–Crippen MR) is 60.9 cm³/mol. The van der Waals surface area contributed by atoms with Gasteiger partial charge in [-0.2, -0.15) is 0 Å². The number of hydrogen-bond acceptors (Lipinski definition) is 4. The van der Waals surface area contributed by atoms with E-state index < -0.39 is 5.97 Å². The van der Waals surface area contributed by atoms with Crippen LogP contribution in [0.5, 0.6) is 0 Å². The molecule has 1 aromatic heterocycles. The molecule has 0 aliphatic heterocycles. The molecule has 4 heteroatoms. The first-order valence-electron chi connectivity index (χ1n) is 4.99. The molecule has 0 radical (unpaired) electrons. The van der Waals surface area contributed by atoms with E-state index in [0.29, 0.717) is 16.9 Å². The lowest BCUT2D eigenvalue weighted by molar-refractivity contribution is 0.0566. The lowest BCUT2D eigenvalue weighted by Gasteiger charge is -2.00. The molecule has 1 heterocycles. The molecule has 0 amide bonds. The fourth-order valence-electron chi connectivity index (χ4n) is 1.52. The maximum atomic E-state index is 11.2. The average molecular weight is 230 g/mol. The van der Waals surface area contributed by atoms with Crippen molar-refractivity contribution in [1.82, 2.24) is 0 Å². The summed E-state index contributed by atoms with van der Waals surface area (Å²) in [7, 11) is 1.28. The van der Waals surface area contributed by atoms with E-state index in [4.69, 9.17) is 4.42 Å². The van der Waals surface area contributed by atoms with Gasteiger partial charge in [-0.15, -0.1) is 0 Å². The summed E-state index contributed by atoms with van der Waals surface area (Å²) in [5, 5.41) is 0. The Balaban J connectivity index is 2.43. The highest BCUT2D eigenvalue weighted by Crippen LogP contribution is 2.25. The van der Waals surface area contributed by atoms with Crippen molar-refractivity contribution in [2.45, 2.75) is 0 Å². The molecule has 0 bridgehead atoms. The van der Waals surface area contributed by atoms with E-state index in [1.807, 2.05) is 0 Å².